The lowest BCUT2D eigenvalue weighted by Gasteiger charge is -2.40. The van der Waals surface area contributed by atoms with Crippen LogP contribution in [0.1, 0.15) is 13.8 Å². The molecule has 1 fully saturated rings. The summed E-state index contributed by atoms with van der Waals surface area (Å²) in [6.07, 6.45) is 0.747. The number of anilines is 2. The fourth-order valence-electron chi connectivity index (χ4n) is 4.77. The van der Waals surface area contributed by atoms with Crippen molar-refractivity contribution < 1.29 is 13.9 Å². The Labute approximate surface area is 186 Å². The topological polar surface area (TPSA) is 81.0 Å². The molecule has 0 spiro atoms. The zero-order valence-corrected chi connectivity index (χ0v) is 18.0. The number of nitriles is 1. The number of halogens is 1. The fraction of sp³-hybridized carbons (Fsp3) is 0.348. The van der Waals surface area contributed by atoms with E-state index >= 15 is 0 Å². The molecule has 1 saturated heterocycles. The molecule has 0 radical (unpaired) electrons. The van der Waals surface area contributed by atoms with Crippen LogP contribution in [0, 0.1) is 17.0 Å². The minimum Gasteiger partial charge on any atom is -0.483 e. The third kappa shape index (κ3) is 3.27. The Morgan fingerprint density at radius 2 is 2.06 bits per heavy atom. The second-order valence-corrected chi connectivity index (χ2v) is 8.60. The molecule has 2 aromatic rings. The predicted molar refractivity (Wildman–Crippen MR) is 123 cm³/mol. The molecule has 1 amide bonds. The van der Waals surface area contributed by atoms with Crippen molar-refractivity contribution in [1.29, 1.82) is 5.26 Å². The quantitative estimate of drug-likeness (QED) is 0.739. The fourth-order valence-corrected chi connectivity index (χ4v) is 4.77. The molecule has 3 aliphatic heterocycles. The highest BCUT2D eigenvalue weighted by atomic mass is 19.1. The van der Waals surface area contributed by atoms with Gasteiger partial charge in [0, 0.05) is 35.9 Å². The van der Waals surface area contributed by atoms with E-state index in [0.29, 0.717) is 30.2 Å². The van der Waals surface area contributed by atoms with E-state index in [9.17, 15) is 14.4 Å². The average molecular weight is 431 g/mol. The van der Waals surface area contributed by atoms with Gasteiger partial charge in [0.05, 0.1) is 5.69 Å². The van der Waals surface area contributed by atoms with Crippen molar-refractivity contribution in [2.45, 2.75) is 32.0 Å². The Morgan fingerprint density at radius 3 is 2.81 bits per heavy atom. The van der Waals surface area contributed by atoms with Crippen molar-refractivity contribution in [3.63, 3.8) is 0 Å². The van der Waals surface area contributed by atoms with Crippen molar-refractivity contribution in [2.24, 2.45) is 5.10 Å². The van der Waals surface area contributed by atoms with Gasteiger partial charge in [0.2, 0.25) is 0 Å². The van der Waals surface area contributed by atoms with Crippen LogP contribution in [-0.2, 0) is 4.79 Å². The molecule has 0 aliphatic carbocycles. The molecule has 7 nitrogen and oxygen atoms in total. The average Bonchev–Trinajstić information content (AvgIpc) is 2.80. The van der Waals surface area contributed by atoms with Crippen LogP contribution in [0.4, 0.5) is 15.8 Å². The van der Waals surface area contributed by atoms with Crippen LogP contribution in [0.3, 0.4) is 0 Å². The van der Waals surface area contributed by atoms with Gasteiger partial charge in [-0.1, -0.05) is 25.1 Å². The summed E-state index contributed by atoms with van der Waals surface area (Å²) in [7, 11) is 0. The van der Waals surface area contributed by atoms with Crippen molar-refractivity contribution >= 4 is 29.8 Å². The van der Waals surface area contributed by atoms with E-state index in [0.717, 1.165) is 23.3 Å². The predicted octanol–water partition coefficient (Wildman–Crippen LogP) is 3.29. The summed E-state index contributed by atoms with van der Waals surface area (Å²) < 4.78 is 20.8. The Kier molecular flexibility index (Phi) is 5.01. The number of hydrogen-bond donors (Lipinski definition) is 1. The van der Waals surface area contributed by atoms with Crippen LogP contribution in [0.5, 0.6) is 5.75 Å². The molecule has 0 bridgehead atoms. The first-order valence-electron chi connectivity index (χ1n) is 10.8. The number of benzene rings is 2. The number of nitrogens with one attached hydrogen (secondary N) is 1. The molecular formula is C23H23BFN5O2. The van der Waals surface area contributed by atoms with Gasteiger partial charge in [-0.05, 0) is 37.3 Å². The van der Waals surface area contributed by atoms with E-state index < -0.39 is 6.04 Å². The lowest BCUT2D eigenvalue weighted by Crippen LogP contribution is -2.55. The Balaban J connectivity index is 1.66. The monoisotopic (exact) mass is 431 g/mol. The molecular weight excluding hydrogens is 408 g/mol. The SMILES string of the molecule is CC1CN(c2cc3c(cc2-c2ccccc2F)OCC2=NNC(=O)C(C)N23)CCB1C#N. The number of hydrogen-bond acceptors (Lipinski definition) is 6. The molecule has 2 unspecified atom stereocenters. The summed E-state index contributed by atoms with van der Waals surface area (Å²) in [5.74, 6) is 3.31. The highest BCUT2D eigenvalue weighted by Crippen LogP contribution is 2.45. The Hall–Kier alpha value is -3.54. The molecule has 0 aromatic heterocycles. The number of hydrazone groups is 1. The standard InChI is InChI=1S/C23H23BFN5O2/c1-14-11-29(8-7-24(14)13-26)19-10-20-21(9-17(19)16-5-3-4-6-18(16)25)32-12-22-27-28-23(31)15(2)30(20)22/h3-6,9-10,14-15H,7-8,11-12H2,1-2H3,(H,28,31). The van der Waals surface area contributed by atoms with Crippen LogP contribution in [0.25, 0.3) is 11.1 Å². The second kappa shape index (κ2) is 7.86. The van der Waals surface area contributed by atoms with Gasteiger partial charge in [0.25, 0.3) is 12.6 Å². The van der Waals surface area contributed by atoms with Gasteiger partial charge in [-0.25, -0.2) is 15.1 Å². The van der Waals surface area contributed by atoms with Crippen LogP contribution in [-0.4, -0.2) is 44.2 Å². The molecule has 1 N–H and O–H groups in total. The molecule has 2 aromatic carbocycles. The summed E-state index contributed by atoms with van der Waals surface area (Å²) in [5, 5.41) is 13.6. The number of fused-ring (bicyclic) bond motifs is 3. The molecule has 0 saturated carbocycles. The van der Waals surface area contributed by atoms with E-state index in [1.165, 1.54) is 6.07 Å². The normalized spacial score (nSPS) is 22.2. The molecule has 5 rings (SSSR count). The summed E-state index contributed by atoms with van der Waals surface area (Å²) >= 11 is 0. The summed E-state index contributed by atoms with van der Waals surface area (Å²) in [4.78, 5) is 16.4. The Bertz CT molecular complexity index is 1160. The molecule has 3 aliphatic rings. The van der Waals surface area contributed by atoms with Crippen molar-refractivity contribution in [3.05, 3.63) is 42.2 Å². The zero-order chi connectivity index (χ0) is 22.4. The third-order valence-electron chi connectivity index (χ3n) is 6.61. The van der Waals surface area contributed by atoms with Gasteiger partial charge >= 0.3 is 0 Å². The number of nitrogens with zero attached hydrogens (tertiary/aromatic N) is 4. The van der Waals surface area contributed by atoms with E-state index in [1.54, 1.807) is 12.1 Å². The van der Waals surface area contributed by atoms with Gasteiger partial charge < -0.3 is 14.5 Å². The smallest absolute Gasteiger partial charge is 0.274 e. The largest absolute Gasteiger partial charge is 0.483 e. The minimum absolute atomic E-state index is 0.00803. The number of carbonyl (C=O) groups excluding carboxylic acids is 1. The van der Waals surface area contributed by atoms with Crippen LogP contribution >= 0.6 is 0 Å². The van der Waals surface area contributed by atoms with Crippen molar-refractivity contribution in [3.8, 4) is 22.8 Å². The summed E-state index contributed by atoms with van der Waals surface area (Å²) in [6.45, 7) is 5.51. The number of ether oxygens (including phenoxy) is 1. The number of amidine groups is 1. The van der Waals surface area contributed by atoms with Gasteiger partial charge in [-0.3, -0.25) is 4.79 Å². The first kappa shape index (κ1) is 20.4. The maximum atomic E-state index is 14.8. The van der Waals surface area contributed by atoms with Crippen LogP contribution in [0.2, 0.25) is 12.1 Å². The molecule has 2 atom stereocenters. The highest BCUT2D eigenvalue weighted by molar-refractivity contribution is 6.68. The van der Waals surface area contributed by atoms with Crippen LogP contribution < -0.4 is 20.0 Å². The lowest BCUT2D eigenvalue weighted by molar-refractivity contribution is -0.122. The van der Waals surface area contributed by atoms with Gasteiger partial charge in [-0.2, -0.15) is 5.10 Å². The maximum absolute atomic E-state index is 14.8. The number of rotatable bonds is 2. The second-order valence-electron chi connectivity index (χ2n) is 8.60. The van der Waals surface area contributed by atoms with Crippen molar-refractivity contribution in [1.82, 2.24) is 5.43 Å². The van der Waals surface area contributed by atoms with E-state index in [-0.39, 0.29) is 30.9 Å². The van der Waals surface area contributed by atoms with Gasteiger partial charge in [-0.15, -0.1) is 0 Å². The number of amides is 1. The van der Waals surface area contributed by atoms with Gasteiger partial charge in [0.15, 0.2) is 5.84 Å². The zero-order valence-electron chi connectivity index (χ0n) is 18.0. The first-order chi connectivity index (χ1) is 15.5. The Morgan fingerprint density at radius 1 is 1.25 bits per heavy atom. The molecule has 162 valence electrons. The van der Waals surface area contributed by atoms with Gasteiger partial charge in [0.1, 0.15) is 24.2 Å². The summed E-state index contributed by atoms with van der Waals surface area (Å²) in [6, 6.07) is 10.1. The third-order valence-corrected chi connectivity index (χ3v) is 6.61. The molecule has 3 heterocycles. The molecule has 9 heteroatoms. The van der Waals surface area contributed by atoms with Crippen LogP contribution in [0.15, 0.2) is 41.5 Å². The van der Waals surface area contributed by atoms with E-state index in [1.807, 2.05) is 30.0 Å². The minimum atomic E-state index is -0.444. The van der Waals surface area contributed by atoms with E-state index in [2.05, 4.69) is 28.3 Å². The first-order valence-corrected chi connectivity index (χ1v) is 10.8. The van der Waals surface area contributed by atoms with Crippen molar-refractivity contribution in [2.75, 3.05) is 29.5 Å². The molecule has 32 heavy (non-hydrogen) atoms. The number of carbonyl (C=O) groups is 1. The highest BCUT2D eigenvalue weighted by Gasteiger charge is 2.37. The maximum Gasteiger partial charge on any atom is 0.274 e. The lowest BCUT2D eigenvalue weighted by atomic mass is 9.39. The van der Waals surface area contributed by atoms with E-state index in [4.69, 9.17) is 4.74 Å². The summed E-state index contributed by atoms with van der Waals surface area (Å²) in [5.41, 5.74) is 5.37.